The van der Waals surface area contributed by atoms with E-state index >= 15 is 0 Å². The number of aryl methyl sites for hydroxylation is 2. The molecule has 5 rings (SSSR count). The zero-order valence-corrected chi connectivity index (χ0v) is 20.7. The molecule has 7 heteroatoms. The Morgan fingerprint density at radius 2 is 1.80 bits per heavy atom. The molecule has 0 saturated carbocycles. The molecule has 2 fully saturated rings. The Hall–Kier alpha value is -3.19. The highest BCUT2D eigenvalue weighted by molar-refractivity contribution is 5.79. The lowest BCUT2D eigenvalue weighted by Gasteiger charge is -2.30. The zero-order valence-electron chi connectivity index (χ0n) is 20.7. The molecule has 0 radical (unpaired) electrons. The maximum absolute atomic E-state index is 12.8. The number of carbonyl (C=O) groups is 1. The van der Waals surface area contributed by atoms with Crippen LogP contribution in [-0.2, 0) is 11.3 Å². The van der Waals surface area contributed by atoms with Gasteiger partial charge in [0.15, 0.2) is 0 Å². The van der Waals surface area contributed by atoms with Crippen LogP contribution in [0.4, 0.5) is 6.01 Å². The summed E-state index contributed by atoms with van der Waals surface area (Å²) in [5, 5.41) is 7.41. The smallest absolute Gasteiger partial charge is 0.324 e. The van der Waals surface area contributed by atoms with Crippen LogP contribution in [0.2, 0.25) is 0 Å². The highest BCUT2D eigenvalue weighted by atomic mass is 16.5. The lowest BCUT2D eigenvalue weighted by atomic mass is 9.96. The maximum atomic E-state index is 12.8. The van der Waals surface area contributed by atoms with E-state index < -0.39 is 0 Å². The van der Waals surface area contributed by atoms with E-state index in [-0.39, 0.29) is 11.8 Å². The van der Waals surface area contributed by atoms with E-state index in [1.54, 1.807) is 0 Å². The summed E-state index contributed by atoms with van der Waals surface area (Å²) in [7, 11) is 0. The summed E-state index contributed by atoms with van der Waals surface area (Å²) in [6, 6.07) is 17.4. The van der Waals surface area contributed by atoms with E-state index in [0.717, 1.165) is 69.7 Å². The predicted molar refractivity (Wildman–Crippen MR) is 137 cm³/mol. The number of piperidine rings is 1. The van der Waals surface area contributed by atoms with Crippen molar-refractivity contribution in [3.8, 4) is 11.4 Å². The molecule has 1 amide bonds. The predicted octanol–water partition coefficient (Wildman–Crippen LogP) is 4.21. The second kappa shape index (κ2) is 10.6. The molecule has 3 heterocycles. The van der Waals surface area contributed by atoms with Crippen LogP contribution in [-0.4, -0.2) is 53.7 Å². The van der Waals surface area contributed by atoms with Crippen LogP contribution in [0.3, 0.4) is 0 Å². The van der Waals surface area contributed by atoms with Crippen LogP contribution >= 0.6 is 0 Å². The Labute approximate surface area is 207 Å². The second-order valence-corrected chi connectivity index (χ2v) is 10.1. The van der Waals surface area contributed by atoms with Gasteiger partial charge in [0, 0.05) is 44.2 Å². The third-order valence-electron chi connectivity index (χ3n) is 7.40. The van der Waals surface area contributed by atoms with Crippen molar-refractivity contribution in [1.29, 1.82) is 0 Å². The zero-order chi connectivity index (χ0) is 24.2. The summed E-state index contributed by atoms with van der Waals surface area (Å²) in [5.41, 5.74) is 4.77. The average Bonchev–Trinajstić information content (AvgIpc) is 3.54. The standard InChI is InChI=1S/C28H35N5O2/c1-20-7-9-22(10-8-20)18-32-14-11-23(19-32)17-29-27(34)24-12-15-33(16-13-24)28-30-26(31-35-28)25-6-4-3-5-21(25)2/h3-10,23-24H,11-19H2,1-2H3,(H,29,34). The number of nitrogens with zero attached hydrogens (tertiary/aromatic N) is 4. The summed E-state index contributed by atoms with van der Waals surface area (Å²) in [4.78, 5) is 22.0. The van der Waals surface area contributed by atoms with Crippen molar-refractivity contribution < 1.29 is 9.32 Å². The Morgan fingerprint density at radius 3 is 2.57 bits per heavy atom. The molecular weight excluding hydrogens is 438 g/mol. The average molecular weight is 474 g/mol. The van der Waals surface area contributed by atoms with Crippen molar-refractivity contribution in [2.75, 3.05) is 37.6 Å². The topological polar surface area (TPSA) is 74.5 Å². The number of likely N-dealkylation sites (tertiary alicyclic amines) is 1. The van der Waals surface area contributed by atoms with Gasteiger partial charge in [0.25, 0.3) is 0 Å². The Balaban J connectivity index is 1.05. The van der Waals surface area contributed by atoms with Crippen molar-refractivity contribution in [3.63, 3.8) is 0 Å². The Morgan fingerprint density at radius 1 is 1.03 bits per heavy atom. The third-order valence-corrected chi connectivity index (χ3v) is 7.40. The highest BCUT2D eigenvalue weighted by Gasteiger charge is 2.29. The summed E-state index contributed by atoms with van der Waals surface area (Å²) in [5.74, 6) is 1.39. The van der Waals surface area contributed by atoms with Crippen molar-refractivity contribution >= 4 is 11.9 Å². The lowest BCUT2D eigenvalue weighted by molar-refractivity contribution is -0.125. The van der Waals surface area contributed by atoms with Crippen LogP contribution in [0.5, 0.6) is 0 Å². The van der Waals surface area contributed by atoms with E-state index in [4.69, 9.17) is 4.52 Å². The number of carbonyl (C=O) groups excluding carboxylic acids is 1. The van der Waals surface area contributed by atoms with Crippen LogP contribution in [0.1, 0.15) is 36.0 Å². The molecule has 0 aliphatic carbocycles. The second-order valence-electron chi connectivity index (χ2n) is 10.1. The van der Waals surface area contributed by atoms with Gasteiger partial charge in [-0.1, -0.05) is 59.3 Å². The maximum Gasteiger partial charge on any atom is 0.324 e. The van der Waals surface area contributed by atoms with Gasteiger partial charge in [-0.15, -0.1) is 0 Å². The molecular formula is C28H35N5O2. The van der Waals surface area contributed by atoms with Gasteiger partial charge < -0.3 is 14.7 Å². The van der Waals surface area contributed by atoms with E-state index in [0.29, 0.717) is 17.8 Å². The number of aromatic nitrogens is 2. The molecule has 1 N–H and O–H groups in total. The van der Waals surface area contributed by atoms with Crippen molar-refractivity contribution in [3.05, 3.63) is 65.2 Å². The van der Waals surface area contributed by atoms with Gasteiger partial charge in [-0.3, -0.25) is 9.69 Å². The molecule has 2 aliphatic heterocycles. The van der Waals surface area contributed by atoms with Gasteiger partial charge in [-0.25, -0.2) is 0 Å². The summed E-state index contributed by atoms with van der Waals surface area (Å²) in [6.45, 7) is 9.58. The molecule has 1 atom stereocenters. The first kappa shape index (κ1) is 23.5. The van der Waals surface area contributed by atoms with Gasteiger partial charge in [0.05, 0.1) is 0 Å². The largest absolute Gasteiger partial charge is 0.356 e. The number of rotatable bonds is 7. The number of amides is 1. The molecule has 3 aromatic rings. The van der Waals surface area contributed by atoms with E-state index in [1.165, 1.54) is 11.1 Å². The van der Waals surface area contributed by atoms with Gasteiger partial charge >= 0.3 is 6.01 Å². The fourth-order valence-corrected chi connectivity index (χ4v) is 5.17. The van der Waals surface area contributed by atoms with Crippen molar-refractivity contribution in [2.45, 2.75) is 39.7 Å². The number of benzene rings is 2. The number of nitrogens with one attached hydrogen (secondary N) is 1. The minimum atomic E-state index is 0.0510. The summed E-state index contributed by atoms with van der Waals surface area (Å²) < 4.78 is 5.54. The van der Waals surface area contributed by atoms with Crippen molar-refractivity contribution in [1.82, 2.24) is 20.4 Å². The summed E-state index contributed by atoms with van der Waals surface area (Å²) >= 11 is 0. The molecule has 7 nitrogen and oxygen atoms in total. The van der Waals surface area contributed by atoms with Gasteiger partial charge in [0.1, 0.15) is 0 Å². The minimum absolute atomic E-state index is 0.0510. The monoisotopic (exact) mass is 473 g/mol. The number of anilines is 1. The van der Waals surface area contributed by atoms with Crippen molar-refractivity contribution in [2.24, 2.45) is 11.8 Å². The van der Waals surface area contributed by atoms with Gasteiger partial charge in [0.2, 0.25) is 11.7 Å². The van der Waals surface area contributed by atoms with E-state index in [9.17, 15) is 4.79 Å². The molecule has 2 aliphatic rings. The normalized spacial score (nSPS) is 19.3. The van der Waals surface area contributed by atoms with E-state index in [1.807, 2.05) is 31.2 Å². The van der Waals surface area contributed by atoms with Crippen LogP contribution in [0.15, 0.2) is 53.1 Å². The Bertz CT molecular complexity index is 1130. The Kier molecular flexibility index (Phi) is 7.13. The lowest BCUT2D eigenvalue weighted by Crippen LogP contribution is -2.42. The summed E-state index contributed by atoms with van der Waals surface area (Å²) in [6.07, 6.45) is 2.75. The van der Waals surface area contributed by atoms with Gasteiger partial charge in [-0.05, 0) is 56.7 Å². The number of hydrogen-bond donors (Lipinski definition) is 1. The van der Waals surface area contributed by atoms with Crippen LogP contribution in [0.25, 0.3) is 11.4 Å². The number of hydrogen-bond acceptors (Lipinski definition) is 6. The fourth-order valence-electron chi connectivity index (χ4n) is 5.17. The first-order valence-corrected chi connectivity index (χ1v) is 12.8. The van der Waals surface area contributed by atoms with Crippen LogP contribution < -0.4 is 10.2 Å². The minimum Gasteiger partial charge on any atom is -0.356 e. The van der Waals surface area contributed by atoms with Gasteiger partial charge in [-0.2, -0.15) is 4.98 Å². The molecule has 0 spiro atoms. The molecule has 1 unspecified atom stereocenters. The van der Waals surface area contributed by atoms with Crippen LogP contribution in [0, 0.1) is 25.7 Å². The molecule has 1 aromatic heterocycles. The molecule has 2 saturated heterocycles. The molecule has 0 bridgehead atoms. The first-order valence-electron chi connectivity index (χ1n) is 12.8. The third kappa shape index (κ3) is 5.73. The highest BCUT2D eigenvalue weighted by Crippen LogP contribution is 2.26. The molecule has 184 valence electrons. The first-order chi connectivity index (χ1) is 17.0. The molecule has 2 aromatic carbocycles. The quantitative estimate of drug-likeness (QED) is 0.554. The molecule has 35 heavy (non-hydrogen) atoms. The SMILES string of the molecule is Cc1ccc(CN2CCC(CNC(=O)C3CCN(c4nc(-c5ccccc5C)no4)CC3)C2)cc1. The fraction of sp³-hybridized carbons (Fsp3) is 0.464. The van der Waals surface area contributed by atoms with E-state index in [2.05, 4.69) is 56.4 Å².